The van der Waals surface area contributed by atoms with Gasteiger partial charge in [0.25, 0.3) is 0 Å². The van der Waals surface area contributed by atoms with Crippen molar-refractivity contribution in [3.63, 3.8) is 0 Å². The summed E-state index contributed by atoms with van der Waals surface area (Å²) in [4.78, 5) is 14.0. The van der Waals surface area contributed by atoms with Gasteiger partial charge in [0.15, 0.2) is 0 Å². The van der Waals surface area contributed by atoms with Crippen molar-refractivity contribution in [2.24, 2.45) is 11.7 Å². The number of benzene rings is 1. The molecule has 2 N–H and O–H groups in total. The van der Waals surface area contributed by atoms with Crippen LogP contribution in [0.1, 0.15) is 25.3 Å². The van der Waals surface area contributed by atoms with Gasteiger partial charge in [0.1, 0.15) is 11.6 Å². The molecule has 2 rings (SSSR count). The Morgan fingerprint density at radius 1 is 1.38 bits per heavy atom. The number of carbonyl (C=O) groups excluding carboxylic acids is 1. The standard InChI is InChI=1S/C15H20F2N2O.ClH/c1-10-4-3-7-19(14(10)9-18)15(20)8-11-12(16)5-2-6-13(11)17;/h2,5-6,10,14H,3-4,7-9,18H2,1H3;1H. The summed E-state index contributed by atoms with van der Waals surface area (Å²) in [5, 5.41) is 0. The lowest BCUT2D eigenvalue weighted by Gasteiger charge is -2.39. The number of halogens is 3. The first kappa shape index (κ1) is 17.9. The van der Waals surface area contributed by atoms with E-state index < -0.39 is 11.6 Å². The van der Waals surface area contributed by atoms with Crippen LogP contribution in [0.5, 0.6) is 0 Å². The summed E-state index contributed by atoms with van der Waals surface area (Å²) in [5.41, 5.74) is 5.57. The maximum Gasteiger partial charge on any atom is 0.227 e. The number of carbonyl (C=O) groups is 1. The Morgan fingerprint density at radius 3 is 2.57 bits per heavy atom. The van der Waals surface area contributed by atoms with Crippen LogP contribution in [0, 0.1) is 17.6 Å². The van der Waals surface area contributed by atoms with Crippen LogP contribution in [-0.4, -0.2) is 29.9 Å². The first-order chi connectivity index (χ1) is 9.54. The zero-order valence-electron chi connectivity index (χ0n) is 12.0. The maximum atomic E-state index is 13.6. The molecule has 1 saturated heterocycles. The fraction of sp³-hybridized carbons (Fsp3) is 0.533. The lowest BCUT2D eigenvalue weighted by Crippen LogP contribution is -2.51. The Labute approximate surface area is 129 Å². The van der Waals surface area contributed by atoms with Gasteiger partial charge < -0.3 is 10.6 Å². The molecule has 1 aromatic carbocycles. The number of hydrogen-bond acceptors (Lipinski definition) is 2. The third-order valence-corrected chi connectivity index (χ3v) is 4.07. The number of nitrogens with zero attached hydrogens (tertiary/aromatic N) is 1. The number of likely N-dealkylation sites (tertiary alicyclic amines) is 1. The lowest BCUT2D eigenvalue weighted by atomic mass is 9.90. The quantitative estimate of drug-likeness (QED) is 0.931. The van der Waals surface area contributed by atoms with Gasteiger partial charge >= 0.3 is 0 Å². The first-order valence-electron chi connectivity index (χ1n) is 6.97. The van der Waals surface area contributed by atoms with Crippen LogP contribution in [0.25, 0.3) is 0 Å². The molecule has 6 heteroatoms. The highest BCUT2D eigenvalue weighted by Gasteiger charge is 2.31. The van der Waals surface area contributed by atoms with E-state index in [0.29, 0.717) is 19.0 Å². The van der Waals surface area contributed by atoms with Crippen molar-refractivity contribution < 1.29 is 13.6 Å². The number of hydrogen-bond donors (Lipinski definition) is 1. The molecule has 0 radical (unpaired) electrons. The largest absolute Gasteiger partial charge is 0.338 e. The SMILES string of the molecule is CC1CCCN(C(=O)Cc2c(F)cccc2F)C1CN.Cl. The molecule has 0 bridgehead atoms. The summed E-state index contributed by atoms with van der Waals surface area (Å²) in [5.74, 6) is -1.28. The summed E-state index contributed by atoms with van der Waals surface area (Å²) in [6.45, 7) is 3.05. The zero-order valence-corrected chi connectivity index (χ0v) is 12.8. The molecule has 21 heavy (non-hydrogen) atoms. The summed E-state index contributed by atoms with van der Waals surface area (Å²) < 4.78 is 27.2. The highest BCUT2D eigenvalue weighted by molar-refractivity contribution is 5.85. The third kappa shape index (κ3) is 3.92. The van der Waals surface area contributed by atoms with Gasteiger partial charge in [0.05, 0.1) is 6.42 Å². The third-order valence-electron chi connectivity index (χ3n) is 4.07. The molecule has 1 aliphatic rings. The van der Waals surface area contributed by atoms with Crippen LogP contribution < -0.4 is 5.73 Å². The minimum atomic E-state index is -0.673. The van der Waals surface area contributed by atoms with Crippen molar-refractivity contribution in [1.29, 1.82) is 0 Å². The molecule has 1 amide bonds. The summed E-state index contributed by atoms with van der Waals surface area (Å²) in [7, 11) is 0. The van der Waals surface area contributed by atoms with Crippen molar-refractivity contribution >= 4 is 18.3 Å². The van der Waals surface area contributed by atoms with Crippen molar-refractivity contribution in [1.82, 2.24) is 4.90 Å². The fourth-order valence-electron chi connectivity index (χ4n) is 2.87. The van der Waals surface area contributed by atoms with Crippen molar-refractivity contribution in [3.05, 3.63) is 35.4 Å². The second-order valence-corrected chi connectivity index (χ2v) is 5.39. The van der Waals surface area contributed by atoms with E-state index in [-0.39, 0.29) is 36.3 Å². The highest BCUT2D eigenvalue weighted by atomic mass is 35.5. The molecule has 118 valence electrons. The molecule has 3 nitrogen and oxygen atoms in total. The zero-order chi connectivity index (χ0) is 14.7. The Morgan fingerprint density at radius 2 is 2.00 bits per heavy atom. The van der Waals surface area contributed by atoms with Crippen molar-refractivity contribution in [2.75, 3.05) is 13.1 Å². The summed E-state index contributed by atoms with van der Waals surface area (Å²) in [6.07, 6.45) is 1.69. The molecular weight excluding hydrogens is 298 g/mol. The number of amides is 1. The molecule has 1 aromatic rings. The average molecular weight is 319 g/mol. The van der Waals surface area contributed by atoms with Crippen LogP contribution in [-0.2, 0) is 11.2 Å². The smallest absolute Gasteiger partial charge is 0.227 e. The second-order valence-electron chi connectivity index (χ2n) is 5.39. The molecule has 1 aliphatic heterocycles. The minimum Gasteiger partial charge on any atom is -0.338 e. The van der Waals surface area contributed by atoms with E-state index in [9.17, 15) is 13.6 Å². The molecular formula is C15H21ClF2N2O. The van der Waals surface area contributed by atoms with E-state index in [0.717, 1.165) is 12.8 Å². The van der Waals surface area contributed by atoms with Crippen LogP contribution >= 0.6 is 12.4 Å². The summed E-state index contributed by atoms with van der Waals surface area (Å²) in [6, 6.07) is 3.60. The average Bonchev–Trinajstić information content (AvgIpc) is 2.42. The van der Waals surface area contributed by atoms with E-state index in [2.05, 4.69) is 6.92 Å². The predicted octanol–water partition coefficient (Wildman–Crippen LogP) is 2.51. The summed E-state index contributed by atoms with van der Waals surface area (Å²) >= 11 is 0. The van der Waals surface area contributed by atoms with Gasteiger partial charge in [-0.25, -0.2) is 8.78 Å². The van der Waals surface area contributed by atoms with Gasteiger partial charge in [-0.3, -0.25) is 4.79 Å². The Hall–Kier alpha value is -1.20. The molecule has 0 aliphatic carbocycles. The molecule has 1 fully saturated rings. The molecule has 0 spiro atoms. The van der Waals surface area contributed by atoms with Gasteiger partial charge in [0.2, 0.25) is 5.91 Å². The van der Waals surface area contributed by atoms with Crippen LogP contribution in [0.2, 0.25) is 0 Å². The van der Waals surface area contributed by atoms with Gasteiger partial charge in [-0.15, -0.1) is 12.4 Å². The van der Waals surface area contributed by atoms with Gasteiger partial charge in [0, 0.05) is 24.7 Å². The highest BCUT2D eigenvalue weighted by Crippen LogP contribution is 2.24. The number of piperidine rings is 1. The van der Waals surface area contributed by atoms with E-state index in [1.165, 1.54) is 18.2 Å². The minimum absolute atomic E-state index is 0. The Kier molecular flexibility index (Phi) is 6.55. The van der Waals surface area contributed by atoms with Crippen LogP contribution in [0.3, 0.4) is 0 Å². The van der Waals surface area contributed by atoms with E-state index in [1.54, 1.807) is 4.90 Å². The Bertz CT molecular complexity index is 478. The maximum absolute atomic E-state index is 13.6. The topological polar surface area (TPSA) is 46.3 Å². The van der Waals surface area contributed by atoms with Gasteiger partial charge in [-0.2, -0.15) is 0 Å². The molecule has 2 unspecified atom stereocenters. The fourth-order valence-corrected chi connectivity index (χ4v) is 2.87. The van der Waals surface area contributed by atoms with Crippen LogP contribution in [0.15, 0.2) is 18.2 Å². The van der Waals surface area contributed by atoms with Crippen LogP contribution in [0.4, 0.5) is 8.78 Å². The predicted molar refractivity (Wildman–Crippen MR) is 80.3 cm³/mol. The number of nitrogens with two attached hydrogens (primary N) is 1. The molecule has 0 saturated carbocycles. The lowest BCUT2D eigenvalue weighted by molar-refractivity contribution is -0.135. The monoisotopic (exact) mass is 318 g/mol. The van der Waals surface area contributed by atoms with Crippen molar-refractivity contribution in [3.8, 4) is 0 Å². The molecule has 0 aromatic heterocycles. The normalized spacial score (nSPS) is 21.8. The first-order valence-corrected chi connectivity index (χ1v) is 6.97. The van der Waals surface area contributed by atoms with E-state index in [1.807, 2.05) is 0 Å². The second kappa shape index (κ2) is 7.71. The van der Waals surface area contributed by atoms with Gasteiger partial charge in [-0.05, 0) is 30.9 Å². The molecule has 1 heterocycles. The molecule has 2 atom stereocenters. The van der Waals surface area contributed by atoms with Gasteiger partial charge in [-0.1, -0.05) is 13.0 Å². The Balaban J connectivity index is 0.00000220. The van der Waals surface area contributed by atoms with E-state index in [4.69, 9.17) is 5.73 Å². The number of rotatable bonds is 3. The van der Waals surface area contributed by atoms with Crippen molar-refractivity contribution in [2.45, 2.75) is 32.2 Å². The van der Waals surface area contributed by atoms with E-state index >= 15 is 0 Å².